The fourth-order valence-corrected chi connectivity index (χ4v) is 2.78. The molecule has 28 heavy (non-hydrogen) atoms. The van der Waals surface area contributed by atoms with Gasteiger partial charge in [-0.1, -0.05) is 0 Å². The Labute approximate surface area is 157 Å². The number of hydrogen-bond donors (Lipinski definition) is 2. The van der Waals surface area contributed by atoms with Crippen molar-refractivity contribution >= 4 is 5.97 Å². The van der Waals surface area contributed by atoms with Crippen molar-refractivity contribution in [2.75, 3.05) is 6.61 Å². The van der Waals surface area contributed by atoms with Crippen molar-refractivity contribution in [2.45, 2.75) is 43.9 Å². The minimum Gasteiger partial charge on any atom is -0.466 e. The van der Waals surface area contributed by atoms with Crippen molar-refractivity contribution in [1.29, 1.82) is 0 Å². The topological polar surface area (TPSA) is 97.5 Å². The maximum Gasteiger partial charge on any atom is 0.310 e. The van der Waals surface area contributed by atoms with Crippen LogP contribution >= 0.6 is 0 Å². The average molecular weight is 405 g/mol. The molecule has 154 valence electrons. The van der Waals surface area contributed by atoms with Gasteiger partial charge in [-0.2, -0.15) is 13.9 Å². The molecule has 2 atom stereocenters. The van der Waals surface area contributed by atoms with Gasteiger partial charge in [-0.3, -0.25) is 4.79 Å². The fourth-order valence-electron chi connectivity index (χ4n) is 2.78. The van der Waals surface area contributed by atoms with E-state index < -0.39 is 53.3 Å². The molecule has 2 rings (SSSR count). The molecule has 1 aromatic heterocycles. The van der Waals surface area contributed by atoms with E-state index in [1.54, 1.807) is 0 Å². The predicted octanol–water partition coefficient (Wildman–Crippen LogP) is 1.78. The summed E-state index contributed by atoms with van der Waals surface area (Å²) in [6.45, 7) is 0.898. The van der Waals surface area contributed by atoms with Crippen LogP contribution in [0.15, 0.2) is 30.9 Å². The lowest BCUT2D eigenvalue weighted by molar-refractivity contribution is -0.281. The number of alkyl halides is 2. The molecule has 0 fully saturated rings. The van der Waals surface area contributed by atoms with Crippen LogP contribution in [0.2, 0.25) is 0 Å². The molecule has 0 radical (unpaired) electrons. The Balaban J connectivity index is 2.57. The maximum absolute atomic E-state index is 15.4. The van der Waals surface area contributed by atoms with Crippen molar-refractivity contribution in [3.8, 4) is 0 Å². The lowest BCUT2D eigenvalue weighted by Gasteiger charge is -2.43. The van der Waals surface area contributed by atoms with Gasteiger partial charge in [0.25, 0.3) is 0 Å². The minimum absolute atomic E-state index is 0.115. The minimum atomic E-state index is -4.50. The van der Waals surface area contributed by atoms with Crippen molar-refractivity contribution in [3.05, 3.63) is 48.1 Å². The maximum atomic E-state index is 15.4. The molecule has 0 spiro atoms. The normalized spacial score (nSPS) is 16.3. The summed E-state index contributed by atoms with van der Waals surface area (Å²) in [5.41, 5.74) is -7.54. The summed E-state index contributed by atoms with van der Waals surface area (Å²) >= 11 is 0. The third-order valence-corrected chi connectivity index (χ3v) is 4.22. The predicted molar refractivity (Wildman–Crippen MR) is 87.1 cm³/mol. The molecular weight excluding hydrogens is 386 g/mol. The number of carbonyl (C=O) groups is 1. The molecule has 0 saturated carbocycles. The van der Waals surface area contributed by atoms with Crippen LogP contribution in [0.5, 0.6) is 0 Å². The molecule has 1 aromatic carbocycles. The third-order valence-electron chi connectivity index (χ3n) is 4.22. The Morgan fingerprint density at radius 2 is 1.96 bits per heavy atom. The van der Waals surface area contributed by atoms with Crippen molar-refractivity contribution < 1.29 is 37.3 Å². The van der Waals surface area contributed by atoms with Gasteiger partial charge >= 0.3 is 11.9 Å². The molecule has 2 aromatic rings. The van der Waals surface area contributed by atoms with Gasteiger partial charge in [-0.25, -0.2) is 18.4 Å². The molecule has 2 unspecified atom stereocenters. The number of ether oxygens (including phenoxy) is 1. The highest BCUT2D eigenvalue weighted by atomic mass is 19.3. The summed E-state index contributed by atoms with van der Waals surface area (Å²) in [6.07, 6.45) is 0.801. The Bertz CT molecular complexity index is 830. The number of esters is 1. The third kappa shape index (κ3) is 3.99. The van der Waals surface area contributed by atoms with Crippen LogP contribution in [0.1, 0.15) is 25.8 Å². The molecule has 1 heterocycles. The number of aromatic nitrogens is 3. The SMILES string of the molecule is CCOC(=O)CC(C)(O)C(F)(F)C(O)(Cn1cncn1)c1ccc(F)cc1F. The van der Waals surface area contributed by atoms with E-state index in [1.807, 2.05) is 0 Å². The van der Waals surface area contributed by atoms with E-state index in [1.165, 1.54) is 6.92 Å². The molecular formula is C17H19F4N3O4. The zero-order valence-corrected chi connectivity index (χ0v) is 15.1. The lowest BCUT2D eigenvalue weighted by atomic mass is 9.77. The van der Waals surface area contributed by atoms with E-state index in [0.29, 0.717) is 25.1 Å². The van der Waals surface area contributed by atoms with Gasteiger partial charge in [-0.15, -0.1) is 0 Å². The van der Waals surface area contributed by atoms with E-state index in [4.69, 9.17) is 0 Å². The zero-order valence-electron chi connectivity index (χ0n) is 15.1. The highest BCUT2D eigenvalue weighted by Gasteiger charge is 2.65. The lowest BCUT2D eigenvalue weighted by Crippen LogP contribution is -2.62. The molecule has 0 aliphatic heterocycles. The summed E-state index contributed by atoms with van der Waals surface area (Å²) in [4.78, 5) is 15.2. The number of aliphatic hydroxyl groups is 2. The first-order chi connectivity index (χ1) is 12.9. The quantitative estimate of drug-likeness (QED) is 0.513. The molecule has 0 saturated heterocycles. The van der Waals surface area contributed by atoms with Crippen LogP contribution in [0.4, 0.5) is 17.6 Å². The second-order valence-corrected chi connectivity index (χ2v) is 6.41. The summed E-state index contributed by atoms with van der Waals surface area (Å²) in [6, 6.07) is 1.63. The first-order valence-electron chi connectivity index (χ1n) is 8.20. The summed E-state index contributed by atoms with van der Waals surface area (Å²) in [5.74, 6) is -8.16. The number of benzene rings is 1. The van der Waals surface area contributed by atoms with Gasteiger partial charge < -0.3 is 14.9 Å². The van der Waals surface area contributed by atoms with Gasteiger partial charge in [-0.05, 0) is 26.0 Å². The summed E-state index contributed by atoms with van der Waals surface area (Å²) < 4.78 is 63.7. The molecule has 11 heteroatoms. The number of halogens is 4. The molecule has 7 nitrogen and oxygen atoms in total. The van der Waals surface area contributed by atoms with Crippen LogP contribution in [0.25, 0.3) is 0 Å². The second-order valence-electron chi connectivity index (χ2n) is 6.41. The first kappa shape index (κ1) is 21.8. The van der Waals surface area contributed by atoms with Crippen molar-refractivity contribution in [3.63, 3.8) is 0 Å². The van der Waals surface area contributed by atoms with E-state index in [-0.39, 0.29) is 6.61 Å². The van der Waals surface area contributed by atoms with E-state index in [2.05, 4.69) is 14.8 Å². The van der Waals surface area contributed by atoms with Gasteiger partial charge in [0.2, 0.25) is 0 Å². The Morgan fingerprint density at radius 1 is 1.29 bits per heavy atom. The van der Waals surface area contributed by atoms with Gasteiger partial charge in [0.1, 0.15) is 29.9 Å². The Hall–Kier alpha value is -2.53. The highest BCUT2D eigenvalue weighted by Crippen LogP contribution is 2.48. The largest absolute Gasteiger partial charge is 0.466 e. The molecule has 0 bridgehead atoms. The van der Waals surface area contributed by atoms with Gasteiger partial charge in [0, 0.05) is 11.6 Å². The monoisotopic (exact) mass is 405 g/mol. The fraction of sp³-hybridized carbons (Fsp3) is 0.471. The van der Waals surface area contributed by atoms with Crippen LogP contribution in [0, 0.1) is 11.6 Å². The molecule has 2 N–H and O–H groups in total. The highest BCUT2D eigenvalue weighted by molar-refractivity contribution is 5.71. The number of nitrogens with zero attached hydrogens (tertiary/aromatic N) is 3. The van der Waals surface area contributed by atoms with E-state index in [9.17, 15) is 23.8 Å². The van der Waals surface area contributed by atoms with Crippen LogP contribution < -0.4 is 0 Å². The summed E-state index contributed by atoms with van der Waals surface area (Å²) in [7, 11) is 0. The van der Waals surface area contributed by atoms with Crippen molar-refractivity contribution in [1.82, 2.24) is 14.8 Å². The van der Waals surface area contributed by atoms with Crippen LogP contribution in [-0.2, 0) is 21.7 Å². The van der Waals surface area contributed by atoms with Crippen LogP contribution in [-0.4, -0.2) is 49.1 Å². The standard InChI is InChI=1S/C17H19F4N3O4/c1-3-28-14(25)7-15(2,26)17(20,21)16(27,8-24-10-22-9-23-24)12-5-4-11(18)6-13(12)19/h4-6,9-10,26-27H,3,7-8H2,1-2H3. The smallest absolute Gasteiger partial charge is 0.310 e. The van der Waals surface area contributed by atoms with E-state index in [0.717, 1.165) is 17.3 Å². The molecule has 0 aliphatic rings. The Morgan fingerprint density at radius 3 is 2.50 bits per heavy atom. The average Bonchev–Trinajstić information content (AvgIpc) is 3.06. The van der Waals surface area contributed by atoms with Gasteiger partial charge in [0.05, 0.1) is 19.6 Å². The van der Waals surface area contributed by atoms with E-state index >= 15 is 8.78 Å². The molecule has 0 aliphatic carbocycles. The second kappa shape index (κ2) is 7.84. The molecule has 0 amide bonds. The first-order valence-corrected chi connectivity index (χ1v) is 8.20. The van der Waals surface area contributed by atoms with Crippen LogP contribution in [0.3, 0.4) is 0 Å². The number of carbonyl (C=O) groups excluding carboxylic acids is 1. The van der Waals surface area contributed by atoms with Gasteiger partial charge in [0.15, 0.2) is 5.60 Å². The zero-order chi connectivity index (χ0) is 21.2. The number of hydrogen-bond acceptors (Lipinski definition) is 6. The Kier molecular flexibility index (Phi) is 6.09. The van der Waals surface area contributed by atoms with Crippen molar-refractivity contribution in [2.24, 2.45) is 0 Å². The number of rotatable bonds is 8. The summed E-state index contributed by atoms with van der Waals surface area (Å²) in [5, 5.41) is 24.9.